The van der Waals surface area contributed by atoms with Crippen LogP contribution in [0.15, 0.2) is 18.2 Å². The van der Waals surface area contributed by atoms with Crippen molar-refractivity contribution in [3.05, 3.63) is 23.8 Å². The van der Waals surface area contributed by atoms with E-state index in [9.17, 15) is 4.79 Å². The molecule has 0 saturated carbocycles. The molecule has 5 nitrogen and oxygen atoms in total. The number of benzene rings is 1. The van der Waals surface area contributed by atoms with Gasteiger partial charge in [0.2, 0.25) is 5.91 Å². The van der Waals surface area contributed by atoms with Gasteiger partial charge in [-0.25, -0.2) is 0 Å². The van der Waals surface area contributed by atoms with Gasteiger partial charge < -0.3 is 11.1 Å². The molecular formula is C13H19N3O2. The number of nitrogens with two attached hydrogens (primary N) is 1. The van der Waals surface area contributed by atoms with Crippen LogP contribution in [0.2, 0.25) is 0 Å². The molecule has 1 amide bonds. The van der Waals surface area contributed by atoms with E-state index in [1.165, 1.54) is 0 Å². The third kappa shape index (κ3) is 3.45. The van der Waals surface area contributed by atoms with E-state index in [0.717, 1.165) is 30.8 Å². The Morgan fingerprint density at radius 2 is 2.39 bits per heavy atom. The maximum Gasteiger partial charge on any atom is 0.225 e. The number of hydrogen-bond acceptors (Lipinski definition) is 4. The summed E-state index contributed by atoms with van der Waals surface area (Å²) in [6.45, 7) is 4.24. The second-order valence-electron chi connectivity index (χ2n) is 4.49. The number of nitrogen functional groups attached to an aromatic ring is 1. The first kappa shape index (κ1) is 12.9. The minimum absolute atomic E-state index is 0.0146. The van der Waals surface area contributed by atoms with Crippen LogP contribution in [-0.2, 0) is 9.63 Å². The van der Waals surface area contributed by atoms with Crippen LogP contribution in [0.25, 0.3) is 0 Å². The molecule has 18 heavy (non-hydrogen) atoms. The van der Waals surface area contributed by atoms with Crippen molar-refractivity contribution in [1.29, 1.82) is 0 Å². The molecule has 0 atom stereocenters. The molecule has 0 bridgehead atoms. The van der Waals surface area contributed by atoms with E-state index in [2.05, 4.69) is 5.32 Å². The van der Waals surface area contributed by atoms with Crippen LogP contribution in [0.1, 0.15) is 18.4 Å². The van der Waals surface area contributed by atoms with Crippen molar-refractivity contribution in [3.8, 4) is 0 Å². The predicted molar refractivity (Wildman–Crippen MR) is 71.0 cm³/mol. The lowest BCUT2D eigenvalue weighted by molar-refractivity contribution is -0.126. The number of carbonyl (C=O) groups excluding carboxylic acids is 1. The topological polar surface area (TPSA) is 67.6 Å². The number of nitrogens with one attached hydrogen (secondary N) is 1. The van der Waals surface area contributed by atoms with Crippen LogP contribution in [0.3, 0.4) is 0 Å². The zero-order valence-corrected chi connectivity index (χ0v) is 10.6. The lowest BCUT2D eigenvalue weighted by Gasteiger charge is -2.14. The van der Waals surface area contributed by atoms with Crippen molar-refractivity contribution in [3.63, 3.8) is 0 Å². The molecule has 1 fully saturated rings. The molecule has 0 unspecified atom stereocenters. The summed E-state index contributed by atoms with van der Waals surface area (Å²) < 4.78 is 0. The summed E-state index contributed by atoms with van der Waals surface area (Å²) in [6.07, 6.45) is 1.46. The molecule has 5 heteroatoms. The average molecular weight is 249 g/mol. The molecule has 1 heterocycles. The molecule has 1 aliphatic heterocycles. The Kier molecular flexibility index (Phi) is 4.17. The van der Waals surface area contributed by atoms with Gasteiger partial charge in [-0.3, -0.25) is 9.63 Å². The average Bonchev–Trinajstić information content (AvgIpc) is 2.84. The summed E-state index contributed by atoms with van der Waals surface area (Å²) in [7, 11) is 0. The lowest BCUT2D eigenvalue weighted by Crippen LogP contribution is -2.24. The molecule has 0 radical (unpaired) electrons. The monoisotopic (exact) mass is 249 g/mol. The fraction of sp³-hybridized carbons (Fsp3) is 0.462. The van der Waals surface area contributed by atoms with E-state index in [-0.39, 0.29) is 5.91 Å². The van der Waals surface area contributed by atoms with Crippen molar-refractivity contribution in [2.75, 3.05) is 30.7 Å². The number of hydroxylamine groups is 2. The number of carbonyl (C=O) groups is 1. The van der Waals surface area contributed by atoms with Gasteiger partial charge in [-0.2, -0.15) is 5.06 Å². The second-order valence-corrected chi connectivity index (χ2v) is 4.49. The second kappa shape index (κ2) is 5.84. The highest BCUT2D eigenvalue weighted by molar-refractivity contribution is 5.92. The molecular weight excluding hydrogens is 230 g/mol. The fourth-order valence-electron chi connectivity index (χ4n) is 1.89. The summed E-state index contributed by atoms with van der Waals surface area (Å²) in [5.41, 5.74) is 8.14. The van der Waals surface area contributed by atoms with Crippen molar-refractivity contribution in [1.82, 2.24) is 5.06 Å². The molecule has 2 rings (SSSR count). The zero-order valence-electron chi connectivity index (χ0n) is 10.6. The number of anilines is 2. The van der Waals surface area contributed by atoms with Crippen molar-refractivity contribution < 1.29 is 9.63 Å². The third-order valence-electron chi connectivity index (χ3n) is 2.95. The first-order valence-electron chi connectivity index (χ1n) is 6.19. The van der Waals surface area contributed by atoms with E-state index in [4.69, 9.17) is 10.6 Å². The Morgan fingerprint density at radius 1 is 1.56 bits per heavy atom. The maximum absolute atomic E-state index is 11.8. The van der Waals surface area contributed by atoms with Gasteiger partial charge in [0.1, 0.15) is 0 Å². The molecule has 1 saturated heterocycles. The Bertz CT molecular complexity index is 428. The SMILES string of the molecule is Cc1ccc(N)cc1NC(=O)CCN1CCCO1. The quantitative estimate of drug-likeness (QED) is 0.794. The van der Waals surface area contributed by atoms with Gasteiger partial charge >= 0.3 is 0 Å². The number of amides is 1. The molecule has 1 aliphatic rings. The lowest BCUT2D eigenvalue weighted by atomic mass is 10.2. The van der Waals surface area contributed by atoms with Gasteiger partial charge in [-0.15, -0.1) is 0 Å². The van der Waals surface area contributed by atoms with Crippen LogP contribution in [0, 0.1) is 6.92 Å². The predicted octanol–water partition coefficient (Wildman–Crippen LogP) is 1.54. The number of hydrogen-bond donors (Lipinski definition) is 2. The highest BCUT2D eigenvalue weighted by atomic mass is 16.7. The largest absolute Gasteiger partial charge is 0.399 e. The first-order chi connectivity index (χ1) is 8.65. The zero-order chi connectivity index (χ0) is 13.0. The van der Waals surface area contributed by atoms with E-state index in [0.29, 0.717) is 18.7 Å². The molecule has 0 aromatic heterocycles. The van der Waals surface area contributed by atoms with Crippen molar-refractivity contribution in [2.45, 2.75) is 19.8 Å². The van der Waals surface area contributed by atoms with Crippen LogP contribution >= 0.6 is 0 Å². The molecule has 3 N–H and O–H groups in total. The summed E-state index contributed by atoms with van der Waals surface area (Å²) in [5, 5.41) is 4.71. The van der Waals surface area contributed by atoms with Crippen LogP contribution in [-0.4, -0.2) is 30.7 Å². The van der Waals surface area contributed by atoms with Crippen LogP contribution < -0.4 is 11.1 Å². The minimum atomic E-state index is -0.0146. The van der Waals surface area contributed by atoms with Crippen molar-refractivity contribution >= 4 is 17.3 Å². The van der Waals surface area contributed by atoms with Gasteiger partial charge in [-0.1, -0.05) is 6.07 Å². The van der Waals surface area contributed by atoms with Gasteiger partial charge in [0.05, 0.1) is 6.61 Å². The van der Waals surface area contributed by atoms with E-state index >= 15 is 0 Å². The van der Waals surface area contributed by atoms with Gasteiger partial charge in [0, 0.05) is 30.9 Å². The normalized spacial score (nSPS) is 15.8. The Balaban J connectivity index is 1.84. The summed E-state index contributed by atoms with van der Waals surface area (Å²) in [4.78, 5) is 17.1. The van der Waals surface area contributed by atoms with E-state index in [1.807, 2.05) is 24.1 Å². The van der Waals surface area contributed by atoms with Gasteiger partial charge in [0.15, 0.2) is 0 Å². The molecule has 98 valence electrons. The third-order valence-corrected chi connectivity index (χ3v) is 2.95. The molecule has 1 aromatic rings. The Labute approximate surface area is 107 Å². The van der Waals surface area contributed by atoms with Crippen molar-refractivity contribution in [2.24, 2.45) is 0 Å². The highest BCUT2D eigenvalue weighted by Crippen LogP contribution is 2.18. The molecule has 1 aromatic carbocycles. The summed E-state index contributed by atoms with van der Waals surface area (Å²) >= 11 is 0. The molecule has 0 aliphatic carbocycles. The first-order valence-corrected chi connectivity index (χ1v) is 6.19. The Hall–Kier alpha value is -1.59. The maximum atomic E-state index is 11.8. The van der Waals surface area contributed by atoms with Crippen LogP contribution in [0.4, 0.5) is 11.4 Å². The molecule has 0 spiro atoms. The smallest absolute Gasteiger partial charge is 0.225 e. The highest BCUT2D eigenvalue weighted by Gasteiger charge is 2.14. The number of nitrogens with zero attached hydrogens (tertiary/aromatic N) is 1. The fourth-order valence-corrected chi connectivity index (χ4v) is 1.89. The summed E-state index contributed by atoms with van der Waals surface area (Å²) in [5.74, 6) is -0.0146. The van der Waals surface area contributed by atoms with E-state index in [1.54, 1.807) is 6.07 Å². The minimum Gasteiger partial charge on any atom is -0.399 e. The number of rotatable bonds is 4. The van der Waals surface area contributed by atoms with Gasteiger partial charge in [-0.05, 0) is 31.0 Å². The standard InChI is InChI=1S/C13H19N3O2/c1-10-3-4-11(14)9-12(10)15-13(17)5-7-16-6-2-8-18-16/h3-4,9H,2,5-8,14H2,1H3,(H,15,17). The van der Waals surface area contributed by atoms with E-state index < -0.39 is 0 Å². The Morgan fingerprint density at radius 3 is 3.11 bits per heavy atom. The number of aryl methyl sites for hydroxylation is 1. The summed E-state index contributed by atoms with van der Waals surface area (Å²) in [6, 6.07) is 5.50. The van der Waals surface area contributed by atoms with Gasteiger partial charge in [0.25, 0.3) is 0 Å². The van der Waals surface area contributed by atoms with Crippen LogP contribution in [0.5, 0.6) is 0 Å².